The molecule has 9 heteroatoms. The predicted molar refractivity (Wildman–Crippen MR) is 122 cm³/mol. The Morgan fingerprint density at radius 2 is 1.91 bits per heavy atom. The summed E-state index contributed by atoms with van der Waals surface area (Å²) >= 11 is 6.18. The molecule has 32 heavy (non-hydrogen) atoms. The molecule has 7 nitrogen and oxygen atoms in total. The van der Waals surface area contributed by atoms with Crippen molar-refractivity contribution in [3.63, 3.8) is 0 Å². The number of amides is 1. The molecule has 0 aliphatic carbocycles. The molecule has 1 fully saturated rings. The second-order valence-corrected chi connectivity index (χ2v) is 9.70. The van der Waals surface area contributed by atoms with E-state index in [-0.39, 0.29) is 15.8 Å². The first-order chi connectivity index (χ1) is 15.4. The number of anilines is 1. The number of nitrogens with zero attached hydrogens (tertiary/aromatic N) is 2. The minimum atomic E-state index is -3.71. The number of rotatable bonds is 7. The molecule has 2 heterocycles. The highest BCUT2D eigenvalue weighted by Gasteiger charge is 2.29. The van der Waals surface area contributed by atoms with Gasteiger partial charge in [0.15, 0.2) is 0 Å². The Bertz CT molecular complexity index is 1210. The molecular formula is C23H22ClN3O4S. The van der Waals surface area contributed by atoms with Crippen LogP contribution in [0.25, 0.3) is 0 Å². The van der Waals surface area contributed by atoms with E-state index in [0.29, 0.717) is 36.7 Å². The highest BCUT2D eigenvalue weighted by Crippen LogP contribution is 2.30. The van der Waals surface area contributed by atoms with Gasteiger partial charge in [-0.05, 0) is 55.3 Å². The number of sulfonamides is 1. The number of hydrogen-bond donors (Lipinski definition) is 1. The van der Waals surface area contributed by atoms with Gasteiger partial charge in [-0.25, -0.2) is 8.42 Å². The molecule has 166 valence electrons. The Morgan fingerprint density at radius 1 is 1.09 bits per heavy atom. The van der Waals surface area contributed by atoms with E-state index in [4.69, 9.17) is 16.3 Å². The number of aromatic nitrogens is 1. The van der Waals surface area contributed by atoms with Gasteiger partial charge in [-0.15, -0.1) is 0 Å². The zero-order chi connectivity index (χ0) is 22.6. The molecule has 1 amide bonds. The van der Waals surface area contributed by atoms with Crippen LogP contribution in [0.3, 0.4) is 0 Å². The van der Waals surface area contributed by atoms with Crippen molar-refractivity contribution in [1.29, 1.82) is 0 Å². The number of benzene rings is 2. The number of pyridine rings is 1. The molecule has 0 saturated carbocycles. The zero-order valence-electron chi connectivity index (χ0n) is 17.2. The SMILES string of the molecule is O=C(Nc1ccc(Cl)c(S(=O)(=O)N2CCCC2)c1)c1cccc(OCc2cccnc2)c1. The molecule has 1 aliphatic heterocycles. The molecule has 1 saturated heterocycles. The monoisotopic (exact) mass is 471 g/mol. The molecule has 0 radical (unpaired) electrons. The molecule has 1 aliphatic rings. The molecule has 1 aromatic heterocycles. The van der Waals surface area contributed by atoms with Gasteiger partial charge < -0.3 is 10.1 Å². The van der Waals surface area contributed by atoms with E-state index in [1.807, 2.05) is 12.1 Å². The highest BCUT2D eigenvalue weighted by atomic mass is 35.5. The van der Waals surface area contributed by atoms with Crippen LogP contribution in [0, 0.1) is 0 Å². The molecule has 3 aromatic rings. The van der Waals surface area contributed by atoms with Crippen molar-refractivity contribution in [2.45, 2.75) is 24.3 Å². The van der Waals surface area contributed by atoms with Crippen LogP contribution in [0.4, 0.5) is 5.69 Å². The first-order valence-electron chi connectivity index (χ1n) is 10.2. The van der Waals surface area contributed by atoms with Crippen LogP contribution in [0.1, 0.15) is 28.8 Å². The summed E-state index contributed by atoms with van der Waals surface area (Å²) in [6.07, 6.45) is 5.05. The standard InChI is InChI=1S/C23H22ClN3O4S/c24-21-9-8-19(14-22(21)32(29,30)27-11-1-2-12-27)26-23(28)18-6-3-7-20(13-18)31-16-17-5-4-10-25-15-17/h3-10,13-15H,1-2,11-12,16H2,(H,26,28). The van der Waals surface area contributed by atoms with Gasteiger partial charge in [0.2, 0.25) is 10.0 Å². The molecule has 0 atom stereocenters. The maximum atomic E-state index is 12.9. The number of halogens is 1. The Labute approximate surface area is 192 Å². The second-order valence-electron chi connectivity index (χ2n) is 7.39. The Kier molecular flexibility index (Phi) is 6.74. The molecule has 4 rings (SSSR count). The third-order valence-corrected chi connectivity index (χ3v) is 7.48. The van der Waals surface area contributed by atoms with E-state index in [0.717, 1.165) is 18.4 Å². The van der Waals surface area contributed by atoms with Crippen molar-refractivity contribution in [2.75, 3.05) is 18.4 Å². The van der Waals surface area contributed by atoms with Gasteiger partial charge in [0.05, 0.1) is 5.02 Å². The summed E-state index contributed by atoms with van der Waals surface area (Å²) in [4.78, 5) is 16.8. The number of hydrogen-bond acceptors (Lipinski definition) is 5. The lowest BCUT2D eigenvalue weighted by Gasteiger charge is -2.17. The van der Waals surface area contributed by atoms with Crippen molar-refractivity contribution in [3.05, 3.63) is 83.1 Å². The lowest BCUT2D eigenvalue weighted by Crippen LogP contribution is -2.28. The summed E-state index contributed by atoms with van der Waals surface area (Å²) in [5, 5.41) is 2.87. The number of ether oxygens (including phenoxy) is 1. The van der Waals surface area contributed by atoms with E-state index in [1.165, 1.54) is 16.4 Å². The lowest BCUT2D eigenvalue weighted by molar-refractivity contribution is 0.102. The minimum Gasteiger partial charge on any atom is -0.489 e. The fraction of sp³-hybridized carbons (Fsp3) is 0.217. The fourth-order valence-corrected chi connectivity index (χ4v) is 5.44. The van der Waals surface area contributed by atoms with Crippen LogP contribution in [0.5, 0.6) is 5.75 Å². The zero-order valence-corrected chi connectivity index (χ0v) is 18.8. The van der Waals surface area contributed by atoms with Gasteiger partial charge in [0, 0.05) is 42.3 Å². The third-order valence-electron chi connectivity index (χ3n) is 5.10. The first-order valence-corrected chi connectivity index (χ1v) is 12.0. The van der Waals surface area contributed by atoms with Crippen molar-refractivity contribution in [2.24, 2.45) is 0 Å². The van der Waals surface area contributed by atoms with Crippen molar-refractivity contribution < 1.29 is 17.9 Å². The molecule has 1 N–H and O–H groups in total. The molecule has 0 spiro atoms. The van der Waals surface area contributed by atoms with Gasteiger partial charge in [0.25, 0.3) is 5.91 Å². The largest absolute Gasteiger partial charge is 0.489 e. The maximum absolute atomic E-state index is 12.9. The van der Waals surface area contributed by atoms with Crippen LogP contribution < -0.4 is 10.1 Å². The Hall–Kier alpha value is -2.94. The topological polar surface area (TPSA) is 88.6 Å². The van der Waals surface area contributed by atoms with Crippen molar-refractivity contribution in [3.8, 4) is 5.75 Å². The molecule has 2 aromatic carbocycles. The van der Waals surface area contributed by atoms with Gasteiger partial charge >= 0.3 is 0 Å². The normalized spacial score (nSPS) is 14.3. The Morgan fingerprint density at radius 3 is 2.66 bits per heavy atom. The summed E-state index contributed by atoms with van der Waals surface area (Å²) in [6.45, 7) is 1.27. The van der Waals surface area contributed by atoms with Crippen LogP contribution >= 0.6 is 11.6 Å². The summed E-state index contributed by atoms with van der Waals surface area (Å²) in [6, 6.07) is 14.9. The molecule has 0 bridgehead atoms. The van der Waals surface area contributed by atoms with Crippen LogP contribution in [-0.4, -0.2) is 36.7 Å². The fourth-order valence-electron chi connectivity index (χ4n) is 3.43. The van der Waals surface area contributed by atoms with Crippen molar-refractivity contribution in [1.82, 2.24) is 9.29 Å². The minimum absolute atomic E-state index is 0.00702. The molecule has 0 unspecified atom stereocenters. The summed E-state index contributed by atoms with van der Waals surface area (Å²) in [7, 11) is -3.71. The van der Waals surface area contributed by atoms with Crippen LogP contribution in [0.15, 0.2) is 71.9 Å². The third kappa shape index (κ3) is 5.09. The van der Waals surface area contributed by atoms with Crippen LogP contribution in [0.2, 0.25) is 5.02 Å². The summed E-state index contributed by atoms with van der Waals surface area (Å²) < 4.78 is 33.0. The highest BCUT2D eigenvalue weighted by molar-refractivity contribution is 7.89. The number of carbonyl (C=O) groups excluding carboxylic acids is 1. The van der Waals surface area contributed by atoms with E-state index in [9.17, 15) is 13.2 Å². The van der Waals surface area contributed by atoms with E-state index >= 15 is 0 Å². The van der Waals surface area contributed by atoms with E-state index in [1.54, 1.807) is 42.7 Å². The van der Waals surface area contributed by atoms with Gasteiger partial charge in [-0.1, -0.05) is 23.7 Å². The second kappa shape index (κ2) is 9.68. The van der Waals surface area contributed by atoms with Gasteiger partial charge in [-0.3, -0.25) is 9.78 Å². The first kappa shape index (κ1) is 22.3. The number of carbonyl (C=O) groups is 1. The quantitative estimate of drug-likeness (QED) is 0.553. The average Bonchev–Trinajstić information content (AvgIpc) is 3.36. The van der Waals surface area contributed by atoms with Gasteiger partial charge in [-0.2, -0.15) is 4.31 Å². The van der Waals surface area contributed by atoms with Gasteiger partial charge in [0.1, 0.15) is 17.3 Å². The lowest BCUT2D eigenvalue weighted by atomic mass is 10.2. The van der Waals surface area contributed by atoms with Crippen LogP contribution in [-0.2, 0) is 16.6 Å². The smallest absolute Gasteiger partial charge is 0.255 e. The molecular weight excluding hydrogens is 450 g/mol. The summed E-state index contributed by atoms with van der Waals surface area (Å²) in [5.74, 6) is 0.151. The summed E-state index contributed by atoms with van der Waals surface area (Å²) in [5.41, 5.74) is 1.64. The van der Waals surface area contributed by atoms with Crippen molar-refractivity contribution >= 4 is 33.2 Å². The average molecular weight is 472 g/mol. The Balaban J connectivity index is 1.48. The van der Waals surface area contributed by atoms with E-state index < -0.39 is 10.0 Å². The maximum Gasteiger partial charge on any atom is 0.255 e. The number of nitrogens with one attached hydrogen (secondary N) is 1. The van der Waals surface area contributed by atoms with E-state index in [2.05, 4.69) is 10.3 Å². The predicted octanol–water partition coefficient (Wildman–Crippen LogP) is 4.35.